The predicted molar refractivity (Wildman–Crippen MR) is 145 cm³/mol. The number of hydrogen-bond acceptors (Lipinski definition) is 4. The van der Waals surface area contributed by atoms with Gasteiger partial charge in [0.25, 0.3) is 0 Å². The van der Waals surface area contributed by atoms with Crippen LogP contribution in [-0.4, -0.2) is 50.0 Å². The maximum Gasteiger partial charge on any atom is 0.244 e. The monoisotopic (exact) mass is 533 g/mol. The van der Waals surface area contributed by atoms with Crippen molar-refractivity contribution in [1.29, 1.82) is 0 Å². The molecule has 1 N–H and O–H groups in total. The molecule has 0 bridgehead atoms. The van der Waals surface area contributed by atoms with Gasteiger partial charge < -0.3 is 10.2 Å². The minimum absolute atomic E-state index is 0.112. The van der Waals surface area contributed by atoms with Gasteiger partial charge in [-0.05, 0) is 68.0 Å². The maximum absolute atomic E-state index is 13.8. The molecule has 1 aliphatic carbocycles. The molecule has 1 fully saturated rings. The summed E-state index contributed by atoms with van der Waals surface area (Å²) in [5.41, 5.74) is 2.89. The van der Waals surface area contributed by atoms with Crippen molar-refractivity contribution in [3.05, 3.63) is 64.2 Å². The molecule has 7 nitrogen and oxygen atoms in total. The largest absolute Gasteiger partial charge is 0.352 e. The molecule has 2 aromatic rings. The van der Waals surface area contributed by atoms with Crippen molar-refractivity contribution in [2.75, 3.05) is 17.1 Å². The minimum Gasteiger partial charge on any atom is -0.352 e. The van der Waals surface area contributed by atoms with Gasteiger partial charge in [0.15, 0.2) is 0 Å². The fourth-order valence-electron chi connectivity index (χ4n) is 4.66. The number of aryl methyl sites for hydroxylation is 2. The topological polar surface area (TPSA) is 86.8 Å². The summed E-state index contributed by atoms with van der Waals surface area (Å²) < 4.78 is 26.8. The van der Waals surface area contributed by atoms with Crippen molar-refractivity contribution >= 4 is 39.1 Å². The van der Waals surface area contributed by atoms with Crippen LogP contribution in [0.5, 0.6) is 0 Å². The molecule has 0 spiro atoms. The Morgan fingerprint density at radius 3 is 2.31 bits per heavy atom. The third-order valence-electron chi connectivity index (χ3n) is 6.67. The Morgan fingerprint density at radius 2 is 1.72 bits per heavy atom. The van der Waals surface area contributed by atoms with Crippen molar-refractivity contribution in [2.24, 2.45) is 0 Å². The van der Waals surface area contributed by atoms with Gasteiger partial charge in [0.1, 0.15) is 12.6 Å². The highest BCUT2D eigenvalue weighted by molar-refractivity contribution is 7.92. The van der Waals surface area contributed by atoms with Crippen LogP contribution in [-0.2, 0) is 26.2 Å². The van der Waals surface area contributed by atoms with E-state index in [2.05, 4.69) is 5.32 Å². The zero-order valence-corrected chi connectivity index (χ0v) is 23.0. The van der Waals surface area contributed by atoms with E-state index in [0.29, 0.717) is 17.1 Å². The Kier molecular flexibility index (Phi) is 9.41. The van der Waals surface area contributed by atoms with E-state index in [1.807, 2.05) is 45.0 Å². The van der Waals surface area contributed by atoms with Crippen LogP contribution in [0.15, 0.2) is 42.5 Å². The van der Waals surface area contributed by atoms with Gasteiger partial charge in [-0.3, -0.25) is 13.9 Å². The average molecular weight is 534 g/mol. The van der Waals surface area contributed by atoms with E-state index in [0.717, 1.165) is 52.9 Å². The standard InChI is InChI=1S/C27H36ClN3O4S/c1-5-24(27(33)29-23-8-6-7-9-23)30(17-21-12-14-22(28)15-13-21)26(32)18-31(36(4,34)35)25-16-19(2)10-11-20(25)3/h10-16,23-24H,5-9,17-18H2,1-4H3,(H,29,33)/t24-/m1/s1. The summed E-state index contributed by atoms with van der Waals surface area (Å²) >= 11 is 6.04. The van der Waals surface area contributed by atoms with Gasteiger partial charge in [-0.1, -0.05) is 55.6 Å². The van der Waals surface area contributed by atoms with E-state index in [9.17, 15) is 18.0 Å². The summed E-state index contributed by atoms with van der Waals surface area (Å²) in [6.07, 6.45) is 5.52. The molecule has 0 heterocycles. The molecule has 3 rings (SSSR count). The van der Waals surface area contributed by atoms with Gasteiger partial charge in [-0.25, -0.2) is 8.42 Å². The molecule has 2 aromatic carbocycles. The molecule has 196 valence electrons. The number of carbonyl (C=O) groups excluding carboxylic acids is 2. The average Bonchev–Trinajstić information content (AvgIpc) is 3.32. The molecular weight excluding hydrogens is 498 g/mol. The molecule has 0 saturated heterocycles. The van der Waals surface area contributed by atoms with Crippen LogP contribution in [0.25, 0.3) is 0 Å². The first-order valence-electron chi connectivity index (χ1n) is 12.4. The second-order valence-electron chi connectivity index (χ2n) is 9.62. The van der Waals surface area contributed by atoms with E-state index in [4.69, 9.17) is 11.6 Å². The second-order valence-corrected chi connectivity index (χ2v) is 12.0. The Morgan fingerprint density at radius 1 is 1.08 bits per heavy atom. The van der Waals surface area contributed by atoms with E-state index in [1.54, 1.807) is 18.2 Å². The first-order chi connectivity index (χ1) is 17.0. The fourth-order valence-corrected chi connectivity index (χ4v) is 5.68. The normalized spacial score (nSPS) is 14.9. The van der Waals surface area contributed by atoms with Crippen molar-refractivity contribution < 1.29 is 18.0 Å². The molecule has 2 amide bonds. The highest BCUT2D eigenvalue weighted by Gasteiger charge is 2.33. The van der Waals surface area contributed by atoms with E-state index in [1.165, 1.54) is 4.90 Å². The third-order valence-corrected chi connectivity index (χ3v) is 8.04. The number of benzene rings is 2. The van der Waals surface area contributed by atoms with Gasteiger partial charge in [0, 0.05) is 17.6 Å². The van der Waals surface area contributed by atoms with E-state index < -0.39 is 28.5 Å². The lowest BCUT2D eigenvalue weighted by Crippen LogP contribution is -2.53. The molecule has 1 saturated carbocycles. The summed E-state index contributed by atoms with van der Waals surface area (Å²) in [6.45, 7) is 5.31. The lowest BCUT2D eigenvalue weighted by molar-refractivity contribution is -0.140. The predicted octanol–water partition coefficient (Wildman–Crippen LogP) is 4.59. The fraction of sp³-hybridized carbons (Fsp3) is 0.481. The van der Waals surface area contributed by atoms with Gasteiger partial charge in [0.05, 0.1) is 11.9 Å². The summed E-state index contributed by atoms with van der Waals surface area (Å²) in [5, 5.41) is 3.68. The van der Waals surface area contributed by atoms with Gasteiger partial charge in [-0.2, -0.15) is 0 Å². The Balaban J connectivity index is 1.94. The van der Waals surface area contributed by atoms with E-state index in [-0.39, 0.29) is 18.5 Å². The van der Waals surface area contributed by atoms with Crippen molar-refractivity contribution in [3.63, 3.8) is 0 Å². The van der Waals surface area contributed by atoms with Crippen molar-refractivity contribution in [2.45, 2.75) is 71.5 Å². The second kappa shape index (κ2) is 12.1. The number of nitrogens with one attached hydrogen (secondary N) is 1. The van der Waals surface area contributed by atoms with Gasteiger partial charge in [0.2, 0.25) is 21.8 Å². The zero-order chi connectivity index (χ0) is 26.5. The summed E-state index contributed by atoms with van der Waals surface area (Å²) in [6, 6.07) is 12.0. The number of halogens is 1. The molecule has 0 unspecified atom stereocenters. The van der Waals surface area contributed by atoms with Crippen LogP contribution in [0.2, 0.25) is 5.02 Å². The molecule has 1 aliphatic rings. The van der Waals surface area contributed by atoms with Crippen molar-refractivity contribution in [3.8, 4) is 0 Å². The molecule has 0 radical (unpaired) electrons. The molecular formula is C27H36ClN3O4S. The Bertz CT molecular complexity index is 1180. The van der Waals surface area contributed by atoms with Crippen LogP contribution in [0, 0.1) is 13.8 Å². The third kappa shape index (κ3) is 7.23. The van der Waals surface area contributed by atoms with Gasteiger partial charge >= 0.3 is 0 Å². The SMILES string of the molecule is CC[C@H](C(=O)NC1CCCC1)N(Cc1ccc(Cl)cc1)C(=O)CN(c1cc(C)ccc1C)S(C)(=O)=O. The minimum atomic E-state index is -3.77. The number of sulfonamides is 1. The summed E-state index contributed by atoms with van der Waals surface area (Å²) in [4.78, 5) is 28.6. The first kappa shape index (κ1) is 28.0. The van der Waals surface area contributed by atoms with Crippen LogP contribution in [0.3, 0.4) is 0 Å². The van der Waals surface area contributed by atoms with Crippen LogP contribution < -0.4 is 9.62 Å². The zero-order valence-electron chi connectivity index (χ0n) is 21.5. The number of hydrogen-bond donors (Lipinski definition) is 1. The number of anilines is 1. The maximum atomic E-state index is 13.8. The quantitative estimate of drug-likeness (QED) is 0.484. The van der Waals surface area contributed by atoms with Crippen LogP contribution >= 0.6 is 11.6 Å². The summed E-state index contributed by atoms with van der Waals surface area (Å²) in [7, 11) is -3.77. The number of nitrogens with zero attached hydrogens (tertiary/aromatic N) is 2. The van der Waals surface area contributed by atoms with Crippen LogP contribution in [0.4, 0.5) is 5.69 Å². The number of amides is 2. The smallest absolute Gasteiger partial charge is 0.244 e. The van der Waals surface area contributed by atoms with Crippen LogP contribution in [0.1, 0.15) is 55.7 Å². The highest BCUT2D eigenvalue weighted by atomic mass is 35.5. The Hall–Kier alpha value is -2.58. The lowest BCUT2D eigenvalue weighted by Gasteiger charge is -2.33. The lowest BCUT2D eigenvalue weighted by atomic mass is 10.1. The molecule has 36 heavy (non-hydrogen) atoms. The molecule has 9 heteroatoms. The Labute approximate surface area is 219 Å². The first-order valence-corrected chi connectivity index (χ1v) is 14.6. The van der Waals surface area contributed by atoms with Gasteiger partial charge in [-0.15, -0.1) is 0 Å². The number of carbonyl (C=O) groups is 2. The molecule has 0 aliphatic heterocycles. The summed E-state index contributed by atoms with van der Waals surface area (Å²) in [5.74, 6) is -0.644. The highest BCUT2D eigenvalue weighted by Crippen LogP contribution is 2.25. The molecule has 1 atom stereocenters. The van der Waals surface area contributed by atoms with E-state index >= 15 is 0 Å². The van der Waals surface area contributed by atoms with Crippen molar-refractivity contribution in [1.82, 2.24) is 10.2 Å². The number of rotatable bonds is 10. The molecule has 0 aromatic heterocycles.